The van der Waals surface area contributed by atoms with Crippen LogP contribution in [-0.4, -0.2) is 5.91 Å². The van der Waals surface area contributed by atoms with E-state index in [1.807, 2.05) is 42.5 Å². The lowest BCUT2D eigenvalue weighted by molar-refractivity contribution is 0.102. The van der Waals surface area contributed by atoms with E-state index in [1.54, 1.807) is 12.1 Å². The van der Waals surface area contributed by atoms with Crippen LogP contribution in [0.2, 0.25) is 0 Å². The Bertz CT molecular complexity index is 1270. The molecule has 0 saturated heterocycles. The molecule has 0 aromatic heterocycles. The van der Waals surface area contributed by atoms with Crippen LogP contribution in [0.1, 0.15) is 10.4 Å². The number of nitrogens with one attached hydrogen (secondary N) is 1. The summed E-state index contributed by atoms with van der Waals surface area (Å²) < 4.78 is 0. The molecule has 0 bridgehead atoms. The van der Waals surface area contributed by atoms with Gasteiger partial charge in [0.1, 0.15) is 11.4 Å². The van der Waals surface area contributed by atoms with Crippen molar-refractivity contribution in [2.24, 2.45) is 10.4 Å². The number of rotatable bonds is 5. The third kappa shape index (κ3) is 3.51. The first kappa shape index (κ1) is 18.9. The van der Waals surface area contributed by atoms with Gasteiger partial charge in [-0.1, -0.05) is 42.5 Å². The number of fused-ring (bicyclic) bond motifs is 1. The molecule has 0 aliphatic heterocycles. The van der Waals surface area contributed by atoms with E-state index in [2.05, 4.69) is 15.7 Å². The van der Waals surface area contributed by atoms with Crippen LogP contribution < -0.4 is 11.1 Å². The maximum atomic E-state index is 12.8. The van der Waals surface area contributed by atoms with Crippen LogP contribution >= 0.6 is 0 Å². The minimum atomic E-state index is -0.364. The van der Waals surface area contributed by atoms with E-state index in [9.17, 15) is 14.6 Å². The quantitative estimate of drug-likeness (QED) is 0.311. The molecule has 0 saturated carbocycles. The molecule has 0 unspecified atom stereocenters. The van der Waals surface area contributed by atoms with Crippen LogP contribution in [0.5, 0.6) is 0 Å². The molecule has 0 radical (unpaired) electrons. The standard InChI is InChI=1S/C23H16N4O3/c24-17-12-18-19(26-29)10-11-20(22(18)21(13-17)27-30)25-23(28)16-8-6-15(7-9-16)14-4-2-1-3-5-14/h1-13H,24H2,(H,25,28). The Morgan fingerprint density at radius 1 is 0.767 bits per heavy atom. The Balaban J connectivity index is 1.70. The molecule has 4 aromatic rings. The van der Waals surface area contributed by atoms with Crippen LogP contribution in [0.3, 0.4) is 0 Å². The molecule has 0 aliphatic rings. The monoisotopic (exact) mass is 396 g/mol. The van der Waals surface area contributed by atoms with Crippen molar-refractivity contribution in [1.29, 1.82) is 0 Å². The van der Waals surface area contributed by atoms with Gasteiger partial charge in [0.05, 0.1) is 5.69 Å². The Morgan fingerprint density at radius 2 is 1.43 bits per heavy atom. The van der Waals surface area contributed by atoms with Crippen molar-refractivity contribution in [1.82, 2.24) is 0 Å². The molecule has 1 amide bonds. The Kier molecular flexibility index (Phi) is 5.00. The zero-order valence-electron chi connectivity index (χ0n) is 15.7. The highest BCUT2D eigenvalue weighted by Crippen LogP contribution is 2.40. The number of nitrogens with zero attached hydrogens (tertiary/aromatic N) is 2. The molecule has 0 aliphatic carbocycles. The fraction of sp³-hybridized carbons (Fsp3) is 0. The van der Waals surface area contributed by atoms with Gasteiger partial charge in [-0.15, -0.1) is 9.81 Å². The van der Waals surface area contributed by atoms with Gasteiger partial charge in [0.15, 0.2) is 0 Å². The number of hydrogen-bond donors (Lipinski definition) is 2. The molecular weight excluding hydrogens is 380 g/mol. The van der Waals surface area contributed by atoms with Gasteiger partial charge in [0, 0.05) is 22.0 Å². The summed E-state index contributed by atoms with van der Waals surface area (Å²) in [5, 5.41) is 9.40. The number of nitrogens with two attached hydrogens (primary N) is 1. The van der Waals surface area contributed by atoms with Gasteiger partial charge in [0.2, 0.25) is 0 Å². The summed E-state index contributed by atoms with van der Waals surface area (Å²) in [5.74, 6) is -0.364. The molecular formula is C23H16N4O3. The van der Waals surface area contributed by atoms with Crippen molar-refractivity contribution in [2.75, 3.05) is 11.1 Å². The second-order valence-corrected chi connectivity index (χ2v) is 6.67. The molecule has 146 valence electrons. The smallest absolute Gasteiger partial charge is 0.255 e. The third-order valence-corrected chi connectivity index (χ3v) is 4.79. The molecule has 3 N–H and O–H groups in total. The number of benzene rings is 4. The Hall–Kier alpha value is -4.39. The summed E-state index contributed by atoms with van der Waals surface area (Å²) in [6, 6.07) is 22.9. The maximum Gasteiger partial charge on any atom is 0.255 e. The normalized spacial score (nSPS) is 10.5. The molecule has 0 heterocycles. The summed E-state index contributed by atoms with van der Waals surface area (Å²) in [5.41, 5.74) is 9.00. The van der Waals surface area contributed by atoms with Crippen molar-refractivity contribution >= 4 is 39.4 Å². The minimum absolute atomic E-state index is 0.0187. The van der Waals surface area contributed by atoms with Crippen molar-refractivity contribution in [3.63, 3.8) is 0 Å². The predicted octanol–water partition coefficient (Wildman–Crippen LogP) is 6.14. The zero-order chi connectivity index (χ0) is 21.1. The van der Waals surface area contributed by atoms with Gasteiger partial charge >= 0.3 is 0 Å². The zero-order valence-corrected chi connectivity index (χ0v) is 15.7. The highest BCUT2D eigenvalue weighted by Gasteiger charge is 2.15. The maximum absolute atomic E-state index is 12.8. The highest BCUT2D eigenvalue weighted by atomic mass is 16.3. The molecule has 4 rings (SSSR count). The lowest BCUT2D eigenvalue weighted by Crippen LogP contribution is -2.12. The van der Waals surface area contributed by atoms with Crippen LogP contribution in [0.4, 0.5) is 22.7 Å². The van der Waals surface area contributed by atoms with Gasteiger partial charge in [-0.2, -0.15) is 0 Å². The van der Waals surface area contributed by atoms with Gasteiger partial charge < -0.3 is 11.1 Å². The third-order valence-electron chi connectivity index (χ3n) is 4.79. The van der Waals surface area contributed by atoms with E-state index in [4.69, 9.17) is 5.73 Å². The van der Waals surface area contributed by atoms with E-state index in [0.29, 0.717) is 22.0 Å². The summed E-state index contributed by atoms with van der Waals surface area (Å²) in [6.07, 6.45) is 0. The van der Waals surface area contributed by atoms with Crippen LogP contribution in [-0.2, 0) is 0 Å². The van der Waals surface area contributed by atoms with E-state index in [-0.39, 0.29) is 23.0 Å². The van der Waals surface area contributed by atoms with Crippen molar-refractivity contribution < 1.29 is 4.79 Å². The lowest BCUT2D eigenvalue weighted by atomic mass is 10.0. The molecule has 0 fully saturated rings. The molecule has 7 nitrogen and oxygen atoms in total. The average Bonchev–Trinajstić information content (AvgIpc) is 2.79. The molecule has 0 atom stereocenters. The second-order valence-electron chi connectivity index (χ2n) is 6.67. The number of amides is 1. The summed E-state index contributed by atoms with van der Waals surface area (Å²) in [4.78, 5) is 35.3. The van der Waals surface area contributed by atoms with E-state index < -0.39 is 0 Å². The highest BCUT2D eigenvalue weighted by molar-refractivity contribution is 6.14. The van der Waals surface area contributed by atoms with Crippen molar-refractivity contribution in [2.45, 2.75) is 0 Å². The van der Waals surface area contributed by atoms with Gasteiger partial charge in [-0.3, -0.25) is 4.79 Å². The van der Waals surface area contributed by atoms with E-state index in [0.717, 1.165) is 11.1 Å². The number of nitroso groups, excluding NO2 is 2. The Labute approximate surface area is 171 Å². The molecule has 30 heavy (non-hydrogen) atoms. The number of anilines is 2. The molecule has 0 spiro atoms. The fourth-order valence-corrected chi connectivity index (χ4v) is 3.36. The first-order chi connectivity index (χ1) is 14.6. The predicted molar refractivity (Wildman–Crippen MR) is 119 cm³/mol. The molecule has 4 aromatic carbocycles. The topological polar surface area (TPSA) is 114 Å². The summed E-state index contributed by atoms with van der Waals surface area (Å²) >= 11 is 0. The molecule has 7 heteroatoms. The van der Waals surface area contributed by atoms with Gasteiger partial charge in [-0.05, 0) is 57.9 Å². The van der Waals surface area contributed by atoms with Gasteiger partial charge in [-0.25, -0.2) is 0 Å². The first-order valence-electron chi connectivity index (χ1n) is 9.10. The first-order valence-corrected chi connectivity index (χ1v) is 9.10. The van der Waals surface area contributed by atoms with E-state index in [1.165, 1.54) is 24.3 Å². The van der Waals surface area contributed by atoms with Crippen LogP contribution in [0, 0.1) is 9.81 Å². The summed E-state index contributed by atoms with van der Waals surface area (Å²) in [7, 11) is 0. The number of carbonyl (C=O) groups excluding carboxylic acids is 1. The van der Waals surface area contributed by atoms with Crippen LogP contribution in [0.25, 0.3) is 21.9 Å². The van der Waals surface area contributed by atoms with Crippen LogP contribution in [0.15, 0.2) is 89.2 Å². The minimum Gasteiger partial charge on any atom is -0.399 e. The fourth-order valence-electron chi connectivity index (χ4n) is 3.36. The van der Waals surface area contributed by atoms with E-state index >= 15 is 0 Å². The SMILES string of the molecule is Nc1cc(N=O)c2c(NC(=O)c3ccc(-c4ccccc4)cc3)ccc(N=O)c2c1. The largest absolute Gasteiger partial charge is 0.399 e. The van der Waals surface area contributed by atoms with Gasteiger partial charge in [0.25, 0.3) is 5.91 Å². The summed E-state index contributed by atoms with van der Waals surface area (Å²) in [6.45, 7) is 0. The van der Waals surface area contributed by atoms with Crippen molar-refractivity contribution in [3.05, 3.63) is 94.2 Å². The second kappa shape index (κ2) is 7.92. The number of carbonyl (C=O) groups is 1. The average molecular weight is 396 g/mol. The lowest BCUT2D eigenvalue weighted by Gasteiger charge is -2.12. The Morgan fingerprint density at radius 3 is 2.10 bits per heavy atom. The van der Waals surface area contributed by atoms with Crippen molar-refractivity contribution in [3.8, 4) is 11.1 Å². The number of hydrogen-bond acceptors (Lipinski definition) is 6. The number of nitrogen functional groups attached to an aromatic ring is 1.